The second kappa shape index (κ2) is 9.91. The zero-order valence-corrected chi connectivity index (χ0v) is 17.6. The fourth-order valence-electron chi connectivity index (χ4n) is 4.38. The van der Waals surface area contributed by atoms with Crippen LogP contribution >= 0.6 is 0 Å². The molecule has 3 rings (SSSR count). The zero-order valence-electron chi connectivity index (χ0n) is 17.6. The predicted octanol–water partition coefficient (Wildman–Crippen LogP) is 7.11. The minimum atomic E-state index is -0.581. The third-order valence-corrected chi connectivity index (χ3v) is 5.98. The van der Waals surface area contributed by atoms with Crippen molar-refractivity contribution in [3.8, 4) is 11.5 Å². The molecule has 1 aliphatic carbocycles. The number of carbonyl (C=O) groups excluding carboxylic acids is 1. The molecular formula is C25H31FO3. The number of carbonyl (C=O) groups is 1. The van der Waals surface area contributed by atoms with Gasteiger partial charge in [0.1, 0.15) is 5.75 Å². The average molecular weight is 399 g/mol. The highest BCUT2D eigenvalue weighted by atomic mass is 19.1. The summed E-state index contributed by atoms with van der Waals surface area (Å²) in [5.74, 6) is 1.65. The van der Waals surface area contributed by atoms with Gasteiger partial charge in [0.05, 0.1) is 12.2 Å². The van der Waals surface area contributed by atoms with Gasteiger partial charge in [0.15, 0.2) is 11.6 Å². The molecule has 3 atom stereocenters. The molecule has 0 aromatic heterocycles. The van der Waals surface area contributed by atoms with Gasteiger partial charge in [-0.3, -0.25) is 0 Å². The second-order valence-corrected chi connectivity index (χ2v) is 8.09. The lowest BCUT2D eigenvalue weighted by atomic mass is 9.71. The summed E-state index contributed by atoms with van der Waals surface area (Å²) >= 11 is 0. The van der Waals surface area contributed by atoms with E-state index in [0.29, 0.717) is 17.6 Å². The Balaban J connectivity index is 1.68. The Hall–Kier alpha value is -2.36. The lowest BCUT2D eigenvalue weighted by Crippen LogP contribution is -2.21. The highest BCUT2D eigenvalue weighted by Crippen LogP contribution is 2.42. The summed E-state index contributed by atoms with van der Waals surface area (Å²) in [5.41, 5.74) is 1.52. The summed E-state index contributed by atoms with van der Waals surface area (Å²) in [6, 6.07) is 12.2. The van der Waals surface area contributed by atoms with Crippen LogP contribution in [0, 0.1) is 17.7 Å². The number of hydrogen-bond acceptors (Lipinski definition) is 3. The van der Waals surface area contributed by atoms with E-state index in [2.05, 4.69) is 26.0 Å². The Morgan fingerprint density at radius 3 is 2.52 bits per heavy atom. The zero-order chi connectivity index (χ0) is 20.8. The van der Waals surface area contributed by atoms with Crippen LogP contribution in [0.2, 0.25) is 0 Å². The first kappa shape index (κ1) is 21.4. The van der Waals surface area contributed by atoms with Crippen LogP contribution in [-0.2, 0) is 4.74 Å². The molecule has 2 aromatic carbocycles. The van der Waals surface area contributed by atoms with Crippen LogP contribution in [0.3, 0.4) is 0 Å². The lowest BCUT2D eigenvalue weighted by molar-refractivity contribution is 0.0525. The van der Waals surface area contributed by atoms with E-state index < -0.39 is 11.8 Å². The summed E-state index contributed by atoms with van der Waals surface area (Å²) < 4.78 is 24.9. The summed E-state index contributed by atoms with van der Waals surface area (Å²) in [6.07, 6.45) is 6.43. The molecule has 1 saturated carbocycles. The molecule has 2 aromatic rings. The van der Waals surface area contributed by atoms with Crippen molar-refractivity contribution >= 4 is 5.97 Å². The van der Waals surface area contributed by atoms with Crippen molar-refractivity contribution in [2.45, 2.75) is 58.8 Å². The molecule has 0 aliphatic heterocycles. The Morgan fingerprint density at radius 2 is 1.86 bits per heavy atom. The van der Waals surface area contributed by atoms with Crippen molar-refractivity contribution in [2.75, 3.05) is 6.61 Å². The maximum Gasteiger partial charge on any atom is 0.338 e. The van der Waals surface area contributed by atoms with Crippen LogP contribution in [0.15, 0.2) is 42.5 Å². The number of benzene rings is 2. The molecule has 0 spiro atoms. The van der Waals surface area contributed by atoms with Gasteiger partial charge in [0, 0.05) is 0 Å². The van der Waals surface area contributed by atoms with E-state index in [1.54, 1.807) is 6.92 Å². The lowest BCUT2D eigenvalue weighted by Gasteiger charge is -2.34. The van der Waals surface area contributed by atoms with E-state index in [4.69, 9.17) is 9.47 Å². The number of halogens is 1. The van der Waals surface area contributed by atoms with Crippen LogP contribution in [-0.4, -0.2) is 12.6 Å². The van der Waals surface area contributed by atoms with Crippen molar-refractivity contribution in [1.82, 2.24) is 0 Å². The molecule has 1 fully saturated rings. The minimum absolute atomic E-state index is 0.0971. The largest absolute Gasteiger partial charge is 0.462 e. The fourth-order valence-corrected chi connectivity index (χ4v) is 4.38. The molecule has 0 heterocycles. The Bertz CT molecular complexity index is 815. The van der Waals surface area contributed by atoms with Crippen molar-refractivity contribution < 1.29 is 18.7 Å². The van der Waals surface area contributed by atoms with Gasteiger partial charge in [-0.25, -0.2) is 9.18 Å². The number of hydrogen-bond donors (Lipinski definition) is 0. The molecule has 0 bridgehead atoms. The van der Waals surface area contributed by atoms with Gasteiger partial charge in [0.25, 0.3) is 0 Å². The van der Waals surface area contributed by atoms with Gasteiger partial charge < -0.3 is 9.47 Å². The van der Waals surface area contributed by atoms with Gasteiger partial charge in [-0.1, -0.05) is 45.2 Å². The molecule has 1 aliphatic rings. The molecule has 156 valence electrons. The van der Waals surface area contributed by atoms with Gasteiger partial charge in [-0.15, -0.1) is 0 Å². The van der Waals surface area contributed by atoms with Gasteiger partial charge in [-0.2, -0.15) is 0 Å². The standard InChI is InChI=1S/C25H31FO3/c1-4-6-18-8-7-17(3)22(15-18)19-9-12-21(13-10-19)29-24-14-11-20(16-23(24)26)25(27)28-5-2/h9-14,16-18,22H,4-8,15H2,1-3H3. The smallest absolute Gasteiger partial charge is 0.338 e. The molecular weight excluding hydrogens is 367 g/mol. The molecule has 4 heteroatoms. The normalized spacial score (nSPS) is 21.6. The topological polar surface area (TPSA) is 35.5 Å². The van der Waals surface area contributed by atoms with Crippen molar-refractivity contribution in [3.63, 3.8) is 0 Å². The molecule has 0 radical (unpaired) electrons. The van der Waals surface area contributed by atoms with Crippen LogP contribution in [0.5, 0.6) is 11.5 Å². The quantitative estimate of drug-likeness (QED) is 0.466. The van der Waals surface area contributed by atoms with Crippen molar-refractivity contribution in [1.29, 1.82) is 0 Å². The first-order valence-electron chi connectivity index (χ1n) is 10.8. The maximum atomic E-state index is 14.3. The summed E-state index contributed by atoms with van der Waals surface area (Å²) in [7, 11) is 0. The van der Waals surface area contributed by atoms with Gasteiger partial charge in [0.2, 0.25) is 0 Å². The van der Waals surface area contributed by atoms with Crippen LogP contribution < -0.4 is 4.74 Å². The second-order valence-electron chi connectivity index (χ2n) is 8.09. The van der Waals surface area contributed by atoms with Crippen LogP contribution in [0.25, 0.3) is 0 Å². The monoisotopic (exact) mass is 398 g/mol. The third kappa shape index (κ3) is 5.37. The number of ether oxygens (including phenoxy) is 2. The van der Waals surface area contributed by atoms with Gasteiger partial charge >= 0.3 is 5.97 Å². The Morgan fingerprint density at radius 1 is 1.10 bits per heavy atom. The van der Waals surface area contributed by atoms with E-state index in [-0.39, 0.29) is 17.9 Å². The molecule has 3 nitrogen and oxygen atoms in total. The molecule has 29 heavy (non-hydrogen) atoms. The SMILES string of the molecule is CCCC1CCC(C)C(c2ccc(Oc3ccc(C(=O)OCC)cc3F)cc2)C1. The van der Waals surface area contributed by atoms with Crippen LogP contribution in [0.1, 0.15) is 74.7 Å². The van der Waals surface area contributed by atoms with E-state index in [0.717, 1.165) is 12.0 Å². The first-order chi connectivity index (χ1) is 14.0. The van der Waals surface area contributed by atoms with E-state index >= 15 is 0 Å². The molecule has 0 N–H and O–H groups in total. The molecule has 0 amide bonds. The van der Waals surface area contributed by atoms with Crippen LogP contribution in [0.4, 0.5) is 4.39 Å². The van der Waals surface area contributed by atoms with E-state index in [1.165, 1.54) is 49.8 Å². The van der Waals surface area contributed by atoms with E-state index in [1.807, 2.05) is 12.1 Å². The molecule has 3 unspecified atom stereocenters. The highest BCUT2D eigenvalue weighted by Gasteiger charge is 2.28. The fraction of sp³-hybridized carbons (Fsp3) is 0.480. The highest BCUT2D eigenvalue weighted by molar-refractivity contribution is 5.89. The summed E-state index contributed by atoms with van der Waals surface area (Å²) in [6.45, 7) is 6.58. The Kier molecular flexibility index (Phi) is 7.29. The predicted molar refractivity (Wildman–Crippen MR) is 113 cm³/mol. The minimum Gasteiger partial charge on any atom is -0.462 e. The van der Waals surface area contributed by atoms with Crippen molar-refractivity contribution in [3.05, 3.63) is 59.4 Å². The summed E-state index contributed by atoms with van der Waals surface area (Å²) in [4.78, 5) is 11.7. The Labute approximate surface area is 173 Å². The third-order valence-electron chi connectivity index (χ3n) is 5.98. The van der Waals surface area contributed by atoms with Crippen molar-refractivity contribution in [2.24, 2.45) is 11.8 Å². The number of rotatable bonds is 7. The molecule has 0 saturated heterocycles. The first-order valence-corrected chi connectivity index (χ1v) is 10.8. The number of esters is 1. The maximum absolute atomic E-state index is 14.3. The van der Waals surface area contributed by atoms with E-state index in [9.17, 15) is 9.18 Å². The van der Waals surface area contributed by atoms with Gasteiger partial charge in [-0.05, 0) is 73.4 Å². The average Bonchev–Trinajstić information content (AvgIpc) is 2.72. The summed E-state index contributed by atoms with van der Waals surface area (Å²) in [5, 5.41) is 0.